The molecule has 4 fully saturated rings. The zero-order chi connectivity index (χ0) is 16.9. The van der Waals surface area contributed by atoms with Gasteiger partial charge in [-0.1, -0.05) is 19.6 Å². The average molecular weight is 328 g/mol. The molecule has 128 valence electrons. The van der Waals surface area contributed by atoms with E-state index >= 15 is 0 Å². The highest BCUT2D eigenvalue weighted by Gasteiger charge is 2.69. The first-order valence-electron chi connectivity index (χ1n) is 9.09. The van der Waals surface area contributed by atoms with E-state index in [1.54, 1.807) is 15.9 Å². The number of carbonyl (C=O) groups is 1. The predicted molar refractivity (Wildman–Crippen MR) is 92.1 cm³/mol. The molecule has 4 bridgehead atoms. The summed E-state index contributed by atoms with van der Waals surface area (Å²) in [6.45, 7) is 12.6. The molecule has 4 saturated heterocycles. The van der Waals surface area contributed by atoms with Crippen LogP contribution in [-0.4, -0.2) is 38.6 Å². The number of carbonyl (C=O) groups excluding carboxylic acids is 1. The van der Waals surface area contributed by atoms with Gasteiger partial charge in [0.15, 0.2) is 5.78 Å². The summed E-state index contributed by atoms with van der Waals surface area (Å²) in [5.74, 6) is 1.43. The highest BCUT2D eigenvalue weighted by molar-refractivity contribution is 5.91. The SMILES string of the molecule is C=CCOc1ccc(C2[NH+]3CC4(C)C[NH+]2CC(CC)(C3)C4=O)cc1. The Bertz CT molecular complexity index is 651. The van der Waals surface area contributed by atoms with Gasteiger partial charge in [0.1, 0.15) is 36.3 Å². The first-order valence-corrected chi connectivity index (χ1v) is 9.09. The molecule has 0 amide bonds. The second-order valence-corrected chi connectivity index (χ2v) is 8.15. The van der Waals surface area contributed by atoms with Crippen LogP contribution in [0.4, 0.5) is 0 Å². The van der Waals surface area contributed by atoms with Gasteiger partial charge in [-0.15, -0.1) is 0 Å². The van der Waals surface area contributed by atoms with Crippen LogP contribution in [0.1, 0.15) is 32.0 Å². The van der Waals surface area contributed by atoms with Gasteiger partial charge in [-0.25, -0.2) is 0 Å². The maximum atomic E-state index is 13.0. The molecule has 1 aromatic rings. The standard InChI is InChI=1S/C20H26N2O2/c1-4-10-24-16-8-6-15(7-9-16)17-21-11-19(3)12-22(17)14-20(5-2,13-21)18(19)23/h4,6-9,17H,1,5,10-14H2,2-3H3/p+2. The fraction of sp³-hybridized carbons (Fsp3) is 0.550. The van der Waals surface area contributed by atoms with Crippen molar-refractivity contribution in [1.82, 2.24) is 0 Å². The van der Waals surface area contributed by atoms with E-state index in [0.717, 1.165) is 38.3 Å². The van der Waals surface area contributed by atoms with Crippen LogP contribution >= 0.6 is 0 Å². The summed E-state index contributed by atoms with van der Waals surface area (Å²) in [5.41, 5.74) is 1.16. The molecule has 5 rings (SSSR count). The number of hydrogen-bond acceptors (Lipinski definition) is 2. The summed E-state index contributed by atoms with van der Waals surface area (Å²) >= 11 is 0. The molecule has 4 heterocycles. The number of ketones is 1. The number of nitrogens with one attached hydrogen (secondary N) is 2. The van der Waals surface area contributed by atoms with Crippen LogP contribution in [-0.2, 0) is 4.79 Å². The molecule has 1 aromatic carbocycles. The van der Waals surface area contributed by atoms with Crippen molar-refractivity contribution in [3.8, 4) is 5.75 Å². The maximum Gasteiger partial charge on any atom is 0.240 e. The molecular weight excluding hydrogens is 300 g/mol. The van der Waals surface area contributed by atoms with Gasteiger partial charge < -0.3 is 4.74 Å². The van der Waals surface area contributed by atoms with Crippen molar-refractivity contribution in [2.24, 2.45) is 10.8 Å². The van der Waals surface area contributed by atoms with Gasteiger partial charge in [0.2, 0.25) is 6.17 Å². The first kappa shape index (κ1) is 15.9. The molecular formula is C20H28N2O2+2. The Hall–Kier alpha value is -1.65. The van der Waals surface area contributed by atoms with Crippen molar-refractivity contribution < 1.29 is 19.3 Å². The average Bonchev–Trinajstić information content (AvgIpc) is 2.57. The highest BCUT2D eigenvalue weighted by Crippen LogP contribution is 2.38. The summed E-state index contributed by atoms with van der Waals surface area (Å²) in [6, 6.07) is 8.53. The Morgan fingerprint density at radius 2 is 1.83 bits per heavy atom. The van der Waals surface area contributed by atoms with E-state index in [-0.39, 0.29) is 10.8 Å². The second kappa shape index (κ2) is 5.43. The lowest BCUT2D eigenvalue weighted by Gasteiger charge is -2.59. The van der Waals surface area contributed by atoms with E-state index in [1.807, 2.05) is 0 Å². The molecule has 2 N–H and O–H groups in total. The number of rotatable bonds is 5. The van der Waals surface area contributed by atoms with E-state index in [2.05, 4.69) is 44.7 Å². The van der Waals surface area contributed by atoms with Crippen LogP contribution in [0.3, 0.4) is 0 Å². The minimum atomic E-state index is -0.124. The normalized spacial score (nSPS) is 39.9. The van der Waals surface area contributed by atoms with Crippen LogP contribution in [0.25, 0.3) is 0 Å². The zero-order valence-electron chi connectivity index (χ0n) is 14.7. The van der Waals surface area contributed by atoms with Gasteiger partial charge in [0.25, 0.3) is 0 Å². The van der Waals surface area contributed by atoms with E-state index in [4.69, 9.17) is 4.74 Å². The molecule has 0 saturated carbocycles. The van der Waals surface area contributed by atoms with Crippen molar-refractivity contribution >= 4 is 5.78 Å². The highest BCUT2D eigenvalue weighted by atomic mass is 16.5. The Morgan fingerprint density at radius 3 is 2.38 bits per heavy atom. The molecule has 4 heteroatoms. The maximum absolute atomic E-state index is 13.0. The molecule has 4 aliphatic heterocycles. The predicted octanol–water partition coefficient (Wildman–Crippen LogP) is 0.0324. The monoisotopic (exact) mass is 328 g/mol. The third-order valence-corrected chi connectivity index (χ3v) is 6.47. The molecule has 2 unspecified atom stereocenters. The first-order chi connectivity index (χ1) is 11.5. The lowest BCUT2D eigenvalue weighted by molar-refractivity contribution is -1.18. The topological polar surface area (TPSA) is 35.2 Å². The van der Waals surface area contributed by atoms with E-state index in [1.165, 1.54) is 5.56 Å². The number of piperidine rings is 2. The largest absolute Gasteiger partial charge is 0.490 e. The van der Waals surface area contributed by atoms with Gasteiger partial charge in [-0.05, 0) is 37.6 Å². The quantitative estimate of drug-likeness (QED) is 0.748. The van der Waals surface area contributed by atoms with Crippen molar-refractivity contribution in [2.75, 3.05) is 32.8 Å². The molecule has 0 radical (unpaired) electrons. The molecule has 0 aromatic heterocycles. The minimum Gasteiger partial charge on any atom is -0.490 e. The Kier molecular flexibility index (Phi) is 3.59. The molecule has 4 aliphatic rings. The smallest absolute Gasteiger partial charge is 0.240 e. The van der Waals surface area contributed by atoms with Crippen LogP contribution in [0, 0.1) is 10.8 Å². The lowest BCUT2D eigenvalue weighted by Crippen LogP contribution is -3.41. The molecule has 24 heavy (non-hydrogen) atoms. The van der Waals surface area contributed by atoms with Gasteiger partial charge in [-0.3, -0.25) is 14.6 Å². The van der Waals surface area contributed by atoms with Crippen LogP contribution in [0.2, 0.25) is 0 Å². The van der Waals surface area contributed by atoms with Gasteiger partial charge in [0.05, 0.1) is 18.7 Å². The summed E-state index contributed by atoms with van der Waals surface area (Å²) < 4.78 is 5.60. The molecule has 0 aliphatic carbocycles. The number of hydrogen-bond donors (Lipinski definition) is 2. The van der Waals surface area contributed by atoms with Crippen molar-refractivity contribution in [2.45, 2.75) is 26.4 Å². The van der Waals surface area contributed by atoms with Crippen molar-refractivity contribution in [3.63, 3.8) is 0 Å². The molecule has 0 spiro atoms. The minimum absolute atomic E-state index is 0.0839. The number of Topliss-reactive ketones (excluding diaryl/α,β-unsaturated/α-hetero) is 1. The fourth-order valence-electron chi connectivity index (χ4n) is 5.57. The van der Waals surface area contributed by atoms with Crippen LogP contribution in [0.5, 0.6) is 5.75 Å². The second-order valence-electron chi connectivity index (χ2n) is 8.15. The van der Waals surface area contributed by atoms with Crippen LogP contribution in [0.15, 0.2) is 36.9 Å². The number of benzene rings is 1. The molecule has 2 atom stereocenters. The lowest BCUT2D eigenvalue weighted by atomic mass is 9.60. The van der Waals surface area contributed by atoms with Gasteiger partial charge >= 0.3 is 0 Å². The van der Waals surface area contributed by atoms with Crippen LogP contribution < -0.4 is 14.5 Å². The van der Waals surface area contributed by atoms with Crippen molar-refractivity contribution in [1.29, 1.82) is 0 Å². The third-order valence-electron chi connectivity index (χ3n) is 6.47. The number of quaternary nitrogens is 2. The fourth-order valence-corrected chi connectivity index (χ4v) is 5.57. The summed E-state index contributed by atoms with van der Waals surface area (Å²) in [7, 11) is 0. The summed E-state index contributed by atoms with van der Waals surface area (Å²) in [5, 5.41) is 0. The van der Waals surface area contributed by atoms with Crippen molar-refractivity contribution in [3.05, 3.63) is 42.5 Å². The summed E-state index contributed by atoms with van der Waals surface area (Å²) in [4.78, 5) is 16.2. The molecule has 4 nitrogen and oxygen atoms in total. The zero-order valence-corrected chi connectivity index (χ0v) is 14.7. The van der Waals surface area contributed by atoms with E-state index < -0.39 is 0 Å². The Morgan fingerprint density at radius 1 is 1.21 bits per heavy atom. The Balaban J connectivity index is 1.61. The summed E-state index contributed by atoms with van der Waals surface area (Å²) in [6.07, 6.45) is 3.20. The Labute approximate surface area is 144 Å². The van der Waals surface area contributed by atoms with Gasteiger partial charge in [-0.2, -0.15) is 0 Å². The number of ether oxygens (including phenoxy) is 1. The van der Waals surface area contributed by atoms with E-state index in [0.29, 0.717) is 18.6 Å². The van der Waals surface area contributed by atoms with Gasteiger partial charge in [0, 0.05) is 0 Å². The van der Waals surface area contributed by atoms with E-state index in [9.17, 15) is 4.79 Å². The third kappa shape index (κ3) is 2.16.